The van der Waals surface area contributed by atoms with Gasteiger partial charge in [0.15, 0.2) is 5.65 Å². The molecule has 4 rings (SSSR count). The maximum atomic E-state index is 12.3. The highest BCUT2D eigenvalue weighted by atomic mass is 16.2. The van der Waals surface area contributed by atoms with Gasteiger partial charge in [0.2, 0.25) is 0 Å². The summed E-state index contributed by atoms with van der Waals surface area (Å²) in [4.78, 5) is 14.7. The number of anilines is 1. The summed E-state index contributed by atoms with van der Waals surface area (Å²) in [6.45, 7) is 3.62. The van der Waals surface area contributed by atoms with Crippen molar-refractivity contribution >= 4 is 11.3 Å². The number of aromatic nitrogens is 3. The Morgan fingerprint density at radius 1 is 1.14 bits per heavy atom. The van der Waals surface area contributed by atoms with Crippen molar-refractivity contribution in [2.75, 3.05) is 11.4 Å². The molecule has 1 aliphatic rings. The van der Waals surface area contributed by atoms with E-state index in [1.165, 1.54) is 11.3 Å². The van der Waals surface area contributed by atoms with Gasteiger partial charge >= 0.3 is 5.69 Å². The minimum Gasteiger partial charge on any atom is -0.366 e. The van der Waals surface area contributed by atoms with Crippen molar-refractivity contribution in [3.8, 4) is 0 Å². The molecule has 3 aromatic rings. The van der Waals surface area contributed by atoms with Gasteiger partial charge in [-0.15, -0.1) is 5.10 Å². The van der Waals surface area contributed by atoms with Gasteiger partial charge in [0.25, 0.3) is 0 Å². The molecule has 5 heteroatoms. The molecule has 2 aromatic heterocycles. The highest BCUT2D eigenvalue weighted by Crippen LogP contribution is 2.31. The van der Waals surface area contributed by atoms with E-state index in [0.29, 0.717) is 18.2 Å². The molecule has 5 nitrogen and oxygen atoms in total. The molecule has 0 aliphatic carbocycles. The van der Waals surface area contributed by atoms with E-state index in [4.69, 9.17) is 0 Å². The predicted octanol–water partition coefficient (Wildman–Crippen LogP) is 1.95. The van der Waals surface area contributed by atoms with E-state index in [0.717, 1.165) is 13.0 Å². The second-order valence-electron chi connectivity index (χ2n) is 5.81. The molecule has 1 aromatic carbocycles. The summed E-state index contributed by atoms with van der Waals surface area (Å²) in [6.07, 6.45) is 2.82. The van der Waals surface area contributed by atoms with E-state index < -0.39 is 0 Å². The van der Waals surface area contributed by atoms with Crippen molar-refractivity contribution in [2.45, 2.75) is 25.9 Å². The fourth-order valence-electron chi connectivity index (χ4n) is 3.29. The molecular formula is C17H18N4O. The monoisotopic (exact) mass is 294 g/mol. The first-order valence-corrected chi connectivity index (χ1v) is 7.63. The molecule has 0 amide bonds. The summed E-state index contributed by atoms with van der Waals surface area (Å²) in [5.74, 6) is 0. The average molecular weight is 294 g/mol. The third-order valence-electron chi connectivity index (χ3n) is 4.39. The SMILES string of the molecule is C[C@@H]1Cc2ccccc2N1CCn1nc2ccccn2c1=O. The Hall–Kier alpha value is -2.56. The third kappa shape index (κ3) is 2.01. The summed E-state index contributed by atoms with van der Waals surface area (Å²) in [7, 11) is 0. The number of pyridine rings is 1. The third-order valence-corrected chi connectivity index (χ3v) is 4.39. The molecule has 0 saturated heterocycles. The van der Waals surface area contributed by atoms with Gasteiger partial charge in [0.1, 0.15) is 0 Å². The minimum absolute atomic E-state index is 0.0734. The van der Waals surface area contributed by atoms with Gasteiger partial charge in [-0.05, 0) is 37.1 Å². The maximum absolute atomic E-state index is 12.3. The van der Waals surface area contributed by atoms with Crippen LogP contribution in [-0.2, 0) is 13.0 Å². The van der Waals surface area contributed by atoms with Gasteiger partial charge < -0.3 is 4.90 Å². The molecule has 0 saturated carbocycles. The zero-order chi connectivity index (χ0) is 15.1. The highest BCUT2D eigenvalue weighted by molar-refractivity contribution is 5.59. The second kappa shape index (κ2) is 5.02. The number of nitrogens with zero attached hydrogens (tertiary/aromatic N) is 4. The largest absolute Gasteiger partial charge is 0.366 e. The zero-order valence-electron chi connectivity index (χ0n) is 12.5. The van der Waals surface area contributed by atoms with Crippen molar-refractivity contribution in [1.82, 2.24) is 14.2 Å². The molecule has 1 aliphatic heterocycles. The van der Waals surface area contributed by atoms with Gasteiger partial charge in [-0.1, -0.05) is 24.3 Å². The fraction of sp³-hybridized carbons (Fsp3) is 0.294. The topological polar surface area (TPSA) is 42.5 Å². The molecule has 0 fully saturated rings. The number of rotatable bonds is 3. The van der Waals surface area contributed by atoms with E-state index >= 15 is 0 Å². The van der Waals surface area contributed by atoms with Crippen LogP contribution < -0.4 is 10.6 Å². The molecule has 0 unspecified atom stereocenters. The lowest BCUT2D eigenvalue weighted by atomic mass is 10.1. The van der Waals surface area contributed by atoms with E-state index in [9.17, 15) is 4.79 Å². The maximum Gasteiger partial charge on any atom is 0.350 e. The summed E-state index contributed by atoms with van der Waals surface area (Å²) in [5, 5.41) is 4.39. The van der Waals surface area contributed by atoms with Crippen LogP contribution >= 0.6 is 0 Å². The summed E-state index contributed by atoms with van der Waals surface area (Å²) < 4.78 is 3.14. The predicted molar refractivity (Wildman–Crippen MR) is 86.4 cm³/mol. The molecule has 22 heavy (non-hydrogen) atoms. The molecular weight excluding hydrogens is 276 g/mol. The van der Waals surface area contributed by atoms with E-state index in [1.54, 1.807) is 15.3 Å². The van der Waals surface area contributed by atoms with Crippen molar-refractivity contribution in [2.24, 2.45) is 0 Å². The number of fused-ring (bicyclic) bond motifs is 2. The number of hydrogen-bond donors (Lipinski definition) is 0. The lowest BCUT2D eigenvalue weighted by Crippen LogP contribution is -2.35. The Morgan fingerprint density at radius 3 is 2.82 bits per heavy atom. The van der Waals surface area contributed by atoms with Crippen molar-refractivity contribution < 1.29 is 0 Å². The van der Waals surface area contributed by atoms with E-state index in [1.807, 2.05) is 18.2 Å². The van der Waals surface area contributed by atoms with E-state index in [2.05, 4.69) is 41.2 Å². The molecule has 0 N–H and O–H groups in total. The van der Waals surface area contributed by atoms with Crippen LogP contribution in [-0.4, -0.2) is 26.8 Å². The van der Waals surface area contributed by atoms with Crippen molar-refractivity contribution in [3.05, 3.63) is 64.7 Å². The first-order valence-electron chi connectivity index (χ1n) is 7.63. The lowest BCUT2D eigenvalue weighted by Gasteiger charge is -2.24. The summed E-state index contributed by atoms with van der Waals surface area (Å²) in [5.41, 5.74) is 3.29. The van der Waals surface area contributed by atoms with Gasteiger partial charge in [-0.2, -0.15) is 0 Å². The molecule has 112 valence electrons. The smallest absolute Gasteiger partial charge is 0.350 e. The molecule has 1 atom stereocenters. The van der Waals surface area contributed by atoms with Crippen LogP contribution in [0, 0.1) is 0 Å². The normalized spacial score (nSPS) is 17.1. The van der Waals surface area contributed by atoms with Crippen LogP contribution in [0.4, 0.5) is 5.69 Å². The first kappa shape index (κ1) is 13.1. The zero-order valence-corrected chi connectivity index (χ0v) is 12.5. The Morgan fingerprint density at radius 2 is 1.95 bits per heavy atom. The average Bonchev–Trinajstić information content (AvgIpc) is 3.03. The first-order chi connectivity index (χ1) is 10.7. The van der Waals surface area contributed by atoms with Crippen LogP contribution in [0.5, 0.6) is 0 Å². The molecule has 0 bridgehead atoms. The Bertz CT molecular complexity index is 879. The van der Waals surface area contributed by atoms with Gasteiger partial charge in [0, 0.05) is 24.5 Å². The van der Waals surface area contributed by atoms with Crippen LogP contribution in [0.3, 0.4) is 0 Å². The van der Waals surface area contributed by atoms with Gasteiger partial charge in [-0.25, -0.2) is 9.48 Å². The standard InChI is InChI=1S/C17H18N4O/c1-13-12-14-6-2-3-7-15(14)19(13)10-11-21-17(22)20-9-5-4-8-16(20)18-21/h2-9,13H,10-12H2,1H3/t13-/m1/s1. The second-order valence-corrected chi connectivity index (χ2v) is 5.81. The van der Waals surface area contributed by atoms with Crippen LogP contribution in [0.15, 0.2) is 53.5 Å². The number of para-hydroxylation sites is 1. The van der Waals surface area contributed by atoms with Gasteiger partial charge in [0.05, 0.1) is 6.54 Å². The van der Waals surface area contributed by atoms with Crippen LogP contribution in [0.2, 0.25) is 0 Å². The summed E-state index contributed by atoms with van der Waals surface area (Å²) >= 11 is 0. The fourth-order valence-corrected chi connectivity index (χ4v) is 3.29. The Labute approximate surface area is 128 Å². The Balaban J connectivity index is 1.60. The number of hydrogen-bond acceptors (Lipinski definition) is 3. The minimum atomic E-state index is -0.0734. The van der Waals surface area contributed by atoms with Crippen LogP contribution in [0.25, 0.3) is 5.65 Å². The molecule has 0 spiro atoms. The Kier molecular flexibility index (Phi) is 2.99. The lowest BCUT2D eigenvalue weighted by molar-refractivity contribution is 0.555. The van der Waals surface area contributed by atoms with Crippen LogP contribution in [0.1, 0.15) is 12.5 Å². The van der Waals surface area contributed by atoms with E-state index in [-0.39, 0.29) is 5.69 Å². The van der Waals surface area contributed by atoms with Crippen molar-refractivity contribution in [3.63, 3.8) is 0 Å². The molecule has 0 radical (unpaired) electrons. The summed E-state index contributed by atoms with van der Waals surface area (Å²) in [6, 6.07) is 14.6. The highest BCUT2D eigenvalue weighted by Gasteiger charge is 2.25. The number of benzene rings is 1. The molecule has 3 heterocycles. The quantitative estimate of drug-likeness (QED) is 0.741. The van der Waals surface area contributed by atoms with Crippen molar-refractivity contribution in [1.29, 1.82) is 0 Å². The van der Waals surface area contributed by atoms with Gasteiger partial charge in [-0.3, -0.25) is 4.40 Å².